The van der Waals surface area contributed by atoms with Gasteiger partial charge in [-0.1, -0.05) is 6.07 Å². The summed E-state index contributed by atoms with van der Waals surface area (Å²) < 4.78 is 18.6. The molecule has 0 aliphatic carbocycles. The molecule has 96 valence electrons. The van der Waals surface area contributed by atoms with Gasteiger partial charge in [0.15, 0.2) is 11.6 Å². The van der Waals surface area contributed by atoms with Gasteiger partial charge < -0.3 is 10.1 Å². The normalized spacial score (nSPS) is 9.61. The Balaban J connectivity index is 2.46. The molecule has 0 aromatic heterocycles. The molecule has 1 rings (SSSR count). The predicted octanol–water partition coefficient (Wildman–Crippen LogP) is 1.80. The monoisotopic (exact) mass is 250 g/mol. The number of hydrogen-bond acceptors (Lipinski definition) is 3. The molecule has 0 radical (unpaired) electrons. The molecule has 18 heavy (non-hydrogen) atoms. The molecule has 0 fully saturated rings. The van der Waals surface area contributed by atoms with E-state index < -0.39 is 5.82 Å². The van der Waals surface area contributed by atoms with Crippen molar-refractivity contribution in [2.45, 2.75) is 19.8 Å². The molecule has 1 aromatic carbocycles. The number of nitrogens with one attached hydrogen (secondary N) is 1. The molecule has 0 saturated carbocycles. The summed E-state index contributed by atoms with van der Waals surface area (Å²) >= 11 is 0. The lowest BCUT2D eigenvalue weighted by Crippen LogP contribution is -2.24. The zero-order chi connectivity index (χ0) is 13.4. The van der Waals surface area contributed by atoms with Crippen molar-refractivity contribution in [2.75, 3.05) is 13.2 Å². The van der Waals surface area contributed by atoms with Crippen molar-refractivity contribution in [1.82, 2.24) is 5.32 Å². The topological polar surface area (TPSA) is 62.1 Å². The van der Waals surface area contributed by atoms with Gasteiger partial charge in [-0.25, -0.2) is 4.39 Å². The third kappa shape index (κ3) is 4.42. The number of halogens is 1. The molecule has 0 heterocycles. The largest absolute Gasteiger partial charge is 0.491 e. The fourth-order valence-electron chi connectivity index (χ4n) is 1.45. The maximum absolute atomic E-state index is 13.5. The molecule has 0 saturated heterocycles. The van der Waals surface area contributed by atoms with E-state index in [-0.39, 0.29) is 18.1 Å². The zero-order valence-electron chi connectivity index (χ0n) is 10.2. The SMILES string of the molecule is CCOc1ccc(CCNC(=O)CC#N)cc1F. The summed E-state index contributed by atoms with van der Waals surface area (Å²) in [5, 5.41) is 10.9. The van der Waals surface area contributed by atoms with E-state index in [2.05, 4.69) is 5.32 Å². The minimum atomic E-state index is -0.405. The molecule has 1 amide bonds. The highest BCUT2D eigenvalue weighted by Gasteiger charge is 2.05. The van der Waals surface area contributed by atoms with E-state index in [9.17, 15) is 9.18 Å². The third-order valence-corrected chi connectivity index (χ3v) is 2.27. The summed E-state index contributed by atoms with van der Waals surface area (Å²) in [6.45, 7) is 2.59. The fraction of sp³-hybridized carbons (Fsp3) is 0.385. The summed E-state index contributed by atoms with van der Waals surface area (Å²) in [6.07, 6.45) is 0.359. The Hall–Kier alpha value is -2.09. The van der Waals surface area contributed by atoms with Gasteiger partial charge in [0.1, 0.15) is 6.42 Å². The number of carbonyl (C=O) groups excluding carboxylic acids is 1. The van der Waals surface area contributed by atoms with Crippen LogP contribution in [-0.2, 0) is 11.2 Å². The van der Waals surface area contributed by atoms with Crippen molar-refractivity contribution in [1.29, 1.82) is 5.26 Å². The van der Waals surface area contributed by atoms with E-state index >= 15 is 0 Å². The van der Waals surface area contributed by atoms with Gasteiger partial charge in [0, 0.05) is 6.54 Å². The number of nitrogens with zero attached hydrogens (tertiary/aromatic N) is 1. The zero-order valence-corrected chi connectivity index (χ0v) is 10.2. The van der Waals surface area contributed by atoms with Crippen LogP contribution < -0.4 is 10.1 Å². The predicted molar refractivity (Wildman–Crippen MR) is 64.5 cm³/mol. The van der Waals surface area contributed by atoms with Crippen LogP contribution in [0.4, 0.5) is 4.39 Å². The van der Waals surface area contributed by atoms with Crippen LogP contribution in [-0.4, -0.2) is 19.1 Å². The van der Waals surface area contributed by atoms with Crippen molar-refractivity contribution in [2.24, 2.45) is 0 Å². The average Bonchev–Trinajstić information content (AvgIpc) is 2.33. The van der Waals surface area contributed by atoms with E-state index in [4.69, 9.17) is 10.00 Å². The first-order chi connectivity index (χ1) is 8.67. The van der Waals surface area contributed by atoms with Crippen LogP contribution in [0, 0.1) is 17.1 Å². The minimum absolute atomic E-state index is 0.155. The molecule has 0 atom stereocenters. The first kappa shape index (κ1) is 14.0. The van der Waals surface area contributed by atoms with Gasteiger partial charge in [-0.15, -0.1) is 0 Å². The molecule has 0 bridgehead atoms. The van der Waals surface area contributed by atoms with Crippen LogP contribution in [0.25, 0.3) is 0 Å². The number of rotatable bonds is 6. The highest BCUT2D eigenvalue weighted by Crippen LogP contribution is 2.18. The maximum atomic E-state index is 13.5. The van der Waals surface area contributed by atoms with Gasteiger partial charge in [0.25, 0.3) is 0 Å². The van der Waals surface area contributed by atoms with Crippen molar-refractivity contribution >= 4 is 5.91 Å². The Bertz CT molecular complexity index is 455. The van der Waals surface area contributed by atoms with Crippen molar-refractivity contribution in [3.05, 3.63) is 29.6 Å². The number of carbonyl (C=O) groups is 1. The fourth-order valence-corrected chi connectivity index (χ4v) is 1.45. The molecule has 1 aromatic rings. The number of benzene rings is 1. The summed E-state index contributed by atoms with van der Waals surface area (Å²) in [6, 6.07) is 6.48. The standard InChI is InChI=1S/C13H15FN2O2/c1-2-18-12-4-3-10(9-11(12)14)6-8-16-13(17)5-7-15/h3-4,9H,2,5-6,8H2,1H3,(H,16,17). The van der Waals surface area contributed by atoms with Gasteiger partial charge in [0.2, 0.25) is 5.91 Å². The molecule has 0 spiro atoms. The summed E-state index contributed by atoms with van der Waals surface area (Å²) in [4.78, 5) is 11.0. The number of nitriles is 1. The van der Waals surface area contributed by atoms with Gasteiger partial charge >= 0.3 is 0 Å². The molecule has 5 heteroatoms. The van der Waals surface area contributed by atoms with Crippen molar-refractivity contribution in [3.63, 3.8) is 0 Å². The molecular weight excluding hydrogens is 235 g/mol. The van der Waals surface area contributed by atoms with Gasteiger partial charge in [-0.05, 0) is 31.0 Å². The first-order valence-corrected chi connectivity index (χ1v) is 5.72. The van der Waals surface area contributed by atoms with Gasteiger partial charge in [-0.2, -0.15) is 5.26 Å². The number of hydrogen-bond donors (Lipinski definition) is 1. The highest BCUT2D eigenvalue weighted by molar-refractivity contribution is 5.77. The Labute approximate surface area is 105 Å². The molecule has 1 N–H and O–H groups in total. The van der Waals surface area contributed by atoms with E-state index in [0.29, 0.717) is 19.6 Å². The minimum Gasteiger partial charge on any atom is -0.491 e. The Kier molecular flexibility index (Phi) is 5.65. The number of amides is 1. The lowest BCUT2D eigenvalue weighted by atomic mass is 10.1. The Morgan fingerprint density at radius 2 is 2.33 bits per heavy atom. The van der Waals surface area contributed by atoms with Crippen molar-refractivity contribution < 1.29 is 13.9 Å². The first-order valence-electron chi connectivity index (χ1n) is 5.72. The molecule has 0 aliphatic rings. The van der Waals surface area contributed by atoms with Crippen LogP contribution in [0.3, 0.4) is 0 Å². The van der Waals surface area contributed by atoms with Gasteiger partial charge in [-0.3, -0.25) is 4.79 Å². The van der Waals surface area contributed by atoms with Crippen LogP contribution in [0.1, 0.15) is 18.9 Å². The third-order valence-electron chi connectivity index (χ3n) is 2.27. The second-order valence-corrected chi connectivity index (χ2v) is 3.63. The highest BCUT2D eigenvalue weighted by atomic mass is 19.1. The average molecular weight is 250 g/mol. The summed E-state index contributed by atoms with van der Waals surface area (Å²) in [5.41, 5.74) is 0.771. The second-order valence-electron chi connectivity index (χ2n) is 3.63. The van der Waals surface area contributed by atoms with Crippen LogP contribution in [0.5, 0.6) is 5.75 Å². The van der Waals surface area contributed by atoms with E-state index in [1.165, 1.54) is 6.07 Å². The van der Waals surface area contributed by atoms with Crippen LogP contribution >= 0.6 is 0 Å². The van der Waals surface area contributed by atoms with E-state index in [0.717, 1.165) is 5.56 Å². The smallest absolute Gasteiger partial charge is 0.234 e. The Morgan fingerprint density at radius 3 is 2.94 bits per heavy atom. The van der Waals surface area contributed by atoms with E-state index in [1.807, 2.05) is 0 Å². The Morgan fingerprint density at radius 1 is 1.56 bits per heavy atom. The second kappa shape index (κ2) is 7.28. The summed E-state index contributed by atoms with van der Waals surface area (Å²) in [7, 11) is 0. The maximum Gasteiger partial charge on any atom is 0.234 e. The lowest BCUT2D eigenvalue weighted by Gasteiger charge is -2.07. The molecule has 4 nitrogen and oxygen atoms in total. The molecule has 0 unspecified atom stereocenters. The van der Waals surface area contributed by atoms with Crippen LogP contribution in [0.15, 0.2) is 18.2 Å². The quantitative estimate of drug-likeness (QED) is 0.837. The van der Waals surface area contributed by atoms with Gasteiger partial charge in [0.05, 0.1) is 12.7 Å². The molecule has 0 aliphatic heterocycles. The van der Waals surface area contributed by atoms with Crippen molar-refractivity contribution in [3.8, 4) is 11.8 Å². The summed E-state index contributed by atoms with van der Waals surface area (Å²) in [5.74, 6) is -0.489. The lowest BCUT2D eigenvalue weighted by molar-refractivity contribution is -0.120. The molecular formula is C13H15FN2O2. The van der Waals surface area contributed by atoms with E-state index in [1.54, 1.807) is 25.1 Å². The van der Waals surface area contributed by atoms with Crippen LogP contribution in [0.2, 0.25) is 0 Å². The number of ether oxygens (including phenoxy) is 1.